The first-order chi connectivity index (χ1) is 15.7. The lowest BCUT2D eigenvalue weighted by atomic mass is 10.1. The van der Waals surface area contributed by atoms with E-state index in [0.29, 0.717) is 31.3 Å². The molecule has 0 spiro atoms. The van der Waals surface area contributed by atoms with Gasteiger partial charge in [0.05, 0.1) is 13.2 Å². The summed E-state index contributed by atoms with van der Waals surface area (Å²) >= 11 is 0. The van der Waals surface area contributed by atoms with E-state index in [-0.39, 0.29) is 18.7 Å². The molecule has 0 radical (unpaired) electrons. The zero-order chi connectivity index (χ0) is 21.9. The molecule has 0 amide bonds. The van der Waals surface area contributed by atoms with Gasteiger partial charge in [-0.3, -0.25) is 9.47 Å². The van der Waals surface area contributed by atoms with Gasteiger partial charge in [-0.1, -0.05) is 29.4 Å². The zero-order valence-electron chi connectivity index (χ0n) is 17.6. The van der Waals surface area contributed by atoms with Gasteiger partial charge >= 0.3 is 12.2 Å². The molecule has 2 aliphatic rings. The Labute approximate surface area is 184 Å². The predicted octanol–water partition coefficient (Wildman–Crippen LogP) is 2.74. The molecule has 0 saturated heterocycles. The molecule has 166 valence electrons. The van der Waals surface area contributed by atoms with Gasteiger partial charge in [0, 0.05) is 25.8 Å². The van der Waals surface area contributed by atoms with Crippen LogP contribution in [0, 0.1) is 0 Å². The Balaban J connectivity index is 1.19. The topological polar surface area (TPSA) is 101 Å². The minimum absolute atomic E-state index is 0.174. The summed E-state index contributed by atoms with van der Waals surface area (Å²) in [6, 6.07) is 12.2. The fourth-order valence-corrected chi connectivity index (χ4v) is 3.78. The highest BCUT2D eigenvalue weighted by Crippen LogP contribution is 2.34. The summed E-state index contributed by atoms with van der Waals surface area (Å²) in [5.74, 6) is 1.96. The molecule has 2 aromatic heterocycles. The van der Waals surface area contributed by atoms with Crippen molar-refractivity contribution < 1.29 is 23.7 Å². The van der Waals surface area contributed by atoms with Crippen LogP contribution in [0.4, 0.5) is 4.79 Å². The molecule has 4 heterocycles. The molecule has 0 unspecified atom stereocenters. The average Bonchev–Trinajstić information content (AvgIpc) is 3.21. The minimum Gasteiger partial charge on any atom is -0.484 e. The van der Waals surface area contributed by atoms with Crippen molar-refractivity contribution in [1.29, 1.82) is 0 Å². The predicted molar refractivity (Wildman–Crippen MR) is 111 cm³/mol. The largest absolute Gasteiger partial charge is 0.516 e. The van der Waals surface area contributed by atoms with Crippen molar-refractivity contribution in [1.82, 2.24) is 24.6 Å². The van der Waals surface area contributed by atoms with Gasteiger partial charge in [0.2, 0.25) is 0 Å². The van der Waals surface area contributed by atoms with E-state index >= 15 is 0 Å². The standard InChI is InChI=1S/C22H23N5O5/c1-2-29-22(28)32-21-25-24-19-13-26(10-11-27(19)21)12-15-5-7-16(8-6-15)18-14-30-17-4-3-9-23-20(17)31-18/h3-9,18H,2,10-14H2,1H3/t18-/m1/s1. The van der Waals surface area contributed by atoms with Gasteiger partial charge < -0.3 is 18.9 Å². The van der Waals surface area contributed by atoms with E-state index in [4.69, 9.17) is 18.9 Å². The Bertz CT molecular complexity index is 1100. The molecule has 10 heteroatoms. The van der Waals surface area contributed by atoms with Gasteiger partial charge in [-0.05, 0) is 30.2 Å². The Hall–Kier alpha value is -3.66. The number of carbonyl (C=O) groups is 1. The van der Waals surface area contributed by atoms with Crippen molar-refractivity contribution in [3.05, 3.63) is 59.5 Å². The van der Waals surface area contributed by atoms with Gasteiger partial charge in [0.1, 0.15) is 12.4 Å². The summed E-state index contributed by atoms with van der Waals surface area (Å²) < 4.78 is 23.5. The SMILES string of the molecule is CCOC(=O)Oc1nnc2n1CCN(Cc1ccc([C@H]3COc4cccnc4O3)cc1)C2. The van der Waals surface area contributed by atoms with Gasteiger partial charge in [0.25, 0.3) is 5.88 Å². The Kier molecular flexibility index (Phi) is 5.59. The zero-order valence-corrected chi connectivity index (χ0v) is 17.6. The van der Waals surface area contributed by atoms with E-state index in [2.05, 4.69) is 44.3 Å². The number of hydrogen-bond donors (Lipinski definition) is 0. The molecule has 1 aromatic carbocycles. The van der Waals surface area contributed by atoms with Gasteiger partial charge in [-0.25, -0.2) is 9.78 Å². The van der Waals surface area contributed by atoms with Gasteiger partial charge in [-0.15, -0.1) is 5.10 Å². The third kappa shape index (κ3) is 4.22. The fourth-order valence-electron chi connectivity index (χ4n) is 3.78. The van der Waals surface area contributed by atoms with Gasteiger partial charge in [-0.2, -0.15) is 0 Å². The third-order valence-electron chi connectivity index (χ3n) is 5.37. The third-order valence-corrected chi connectivity index (χ3v) is 5.37. The number of ether oxygens (including phenoxy) is 4. The quantitative estimate of drug-likeness (QED) is 0.558. The second-order valence-electron chi connectivity index (χ2n) is 7.51. The molecule has 3 aromatic rings. The summed E-state index contributed by atoms with van der Waals surface area (Å²) in [6.07, 6.45) is 0.744. The second kappa shape index (κ2) is 8.83. The van der Waals surface area contributed by atoms with Crippen LogP contribution in [0.2, 0.25) is 0 Å². The van der Waals surface area contributed by atoms with Crippen LogP contribution < -0.4 is 14.2 Å². The lowest BCUT2D eigenvalue weighted by molar-refractivity contribution is 0.0850. The number of carbonyl (C=O) groups excluding carboxylic acids is 1. The molecule has 5 rings (SSSR count). The molecule has 32 heavy (non-hydrogen) atoms. The molecule has 2 aliphatic heterocycles. The molecule has 0 bridgehead atoms. The van der Waals surface area contributed by atoms with Crippen molar-refractivity contribution in [3.63, 3.8) is 0 Å². The Morgan fingerprint density at radius 2 is 2.06 bits per heavy atom. The molecule has 0 saturated carbocycles. The van der Waals surface area contributed by atoms with E-state index in [0.717, 1.165) is 24.5 Å². The molecule has 0 fully saturated rings. The monoisotopic (exact) mass is 437 g/mol. The lowest BCUT2D eigenvalue weighted by Gasteiger charge is -2.28. The maximum Gasteiger partial charge on any atom is 0.516 e. The van der Waals surface area contributed by atoms with Crippen LogP contribution in [0.3, 0.4) is 0 Å². The van der Waals surface area contributed by atoms with E-state index in [1.165, 1.54) is 5.56 Å². The van der Waals surface area contributed by atoms with Crippen molar-refractivity contribution in [3.8, 4) is 17.6 Å². The van der Waals surface area contributed by atoms with E-state index in [1.54, 1.807) is 13.1 Å². The first-order valence-electron chi connectivity index (χ1n) is 10.5. The van der Waals surface area contributed by atoms with Crippen molar-refractivity contribution in [2.45, 2.75) is 32.7 Å². The number of aromatic nitrogens is 4. The summed E-state index contributed by atoms with van der Waals surface area (Å²) in [6.45, 7) is 5.23. The van der Waals surface area contributed by atoms with Crippen molar-refractivity contribution >= 4 is 6.16 Å². The molecule has 0 N–H and O–H groups in total. The molecule has 1 atom stereocenters. The summed E-state index contributed by atoms with van der Waals surface area (Å²) in [5, 5.41) is 8.13. The first kappa shape index (κ1) is 20.3. The number of pyridine rings is 1. The van der Waals surface area contributed by atoms with E-state index < -0.39 is 6.16 Å². The van der Waals surface area contributed by atoms with Crippen LogP contribution in [-0.2, 0) is 24.4 Å². The summed E-state index contributed by atoms with van der Waals surface area (Å²) in [4.78, 5) is 18.1. The average molecular weight is 437 g/mol. The highest BCUT2D eigenvalue weighted by molar-refractivity contribution is 5.62. The number of nitrogens with zero attached hydrogens (tertiary/aromatic N) is 5. The van der Waals surface area contributed by atoms with Gasteiger partial charge in [0.15, 0.2) is 11.9 Å². The maximum atomic E-state index is 11.5. The smallest absolute Gasteiger partial charge is 0.484 e. The maximum absolute atomic E-state index is 11.5. The highest BCUT2D eigenvalue weighted by Gasteiger charge is 2.25. The summed E-state index contributed by atoms with van der Waals surface area (Å²) in [5.41, 5.74) is 2.23. The number of fused-ring (bicyclic) bond motifs is 2. The number of rotatable bonds is 5. The van der Waals surface area contributed by atoms with Crippen LogP contribution in [0.15, 0.2) is 42.6 Å². The van der Waals surface area contributed by atoms with Crippen LogP contribution in [0.1, 0.15) is 30.0 Å². The normalized spacial score (nSPS) is 17.5. The van der Waals surface area contributed by atoms with Crippen LogP contribution in [-0.4, -0.2) is 50.6 Å². The van der Waals surface area contributed by atoms with E-state index in [9.17, 15) is 4.79 Å². The molecular weight excluding hydrogens is 414 g/mol. The minimum atomic E-state index is -0.767. The highest BCUT2D eigenvalue weighted by atomic mass is 16.7. The van der Waals surface area contributed by atoms with Crippen LogP contribution in [0.25, 0.3) is 0 Å². The number of hydrogen-bond acceptors (Lipinski definition) is 9. The van der Waals surface area contributed by atoms with Crippen molar-refractivity contribution in [2.75, 3.05) is 19.8 Å². The van der Waals surface area contributed by atoms with Crippen LogP contribution in [0.5, 0.6) is 17.6 Å². The first-order valence-corrected chi connectivity index (χ1v) is 10.5. The second-order valence-corrected chi connectivity index (χ2v) is 7.51. The molecule has 10 nitrogen and oxygen atoms in total. The number of benzene rings is 1. The van der Waals surface area contributed by atoms with Crippen molar-refractivity contribution in [2.24, 2.45) is 0 Å². The Morgan fingerprint density at radius 3 is 2.91 bits per heavy atom. The summed E-state index contributed by atoms with van der Waals surface area (Å²) in [7, 11) is 0. The lowest BCUT2D eigenvalue weighted by Crippen LogP contribution is -2.33. The molecular formula is C22H23N5O5. The molecule has 0 aliphatic carbocycles. The van der Waals surface area contributed by atoms with Crippen LogP contribution >= 0.6 is 0 Å². The van der Waals surface area contributed by atoms with E-state index in [1.807, 2.05) is 16.7 Å². The Morgan fingerprint density at radius 1 is 1.19 bits per heavy atom. The fraction of sp³-hybridized carbons (Fsp3) is 0.364.